The third-order valence-electron chi connectivity index (χ3n) is 3.13. The summed E-state index contributed by atoms with van der Waals surface area (Å²) in [5.74, 6) is 0.852. The molecule has 1 heterocycles. The van der Waals surface area contributed by atoms with Crippen molar-refractivity contribution in [2.24, 2.45) is 0 Å². The highest BCUT2D eigenvalue weighted by atomic mass is 32.2. The second-order valence-corrected chi connectivity index (χ2v) is 6.66. The smallest absolute Gasteiger partial charge is 0.263 e. The molecule has 112 valence electrons. The summed E-state index contributed by atoms with van der Waals surface area (Å²) in [4.78, 5) is 4.17. The number of sulfonamides is 1. The lowest BCUT2D eigenvalue weighted by molar-refractivity contribution is 0.600. The number of benzene rings is 1. The van der Waals surface area contributed by atoms with Gasteiger partial charge < -0.3 is 5.32 Å². The van der Waals surface area contributed by atoms with E-state index in [0.29, 0.717) is 11.5 Å². The molecule has 21 heavy (non-hydrogen) atoms. The molecule has 0 unspecified atom stereocenters. The minimum Gasteiger partial charge on any atom is -0.373 e. The van der Waals surface area contributed by atoms with Crippen molar-refractivity contribution in [3.8, 4) is 0 Å². The van der Waals surface area contributed by atoms with E-state index < -0.39 is 10.0 Å². The molecule has 0 saturated carbocycles. The highest BCUT2D eigenvalue weighted by Crippen LogP contribution is 2.26. The summed E-state index contributed by atoms with van der Waals surface area (Å²) in [5, 5.41) is 2.85. The van der Waals surface area contributed by atoms with Gasteiger partial charge in [0.1, 0.15) is 10.7 Å². The number of aromatic nitrogens is 1. The van der Waals surface area contributed by atoms with Gasteiger partial charge in [0, 0.05) is 13.2 Å². The third-order valence-corrected chi connectivity index (χ3v) is 4.48. The Bertz CT molecular complexity index is 710. The summed E-state index contributed by atoms with van der Waals surface area (Å²) in [6, 6.07) is 10.6. The Morgan fingerprint density at radius 1 is 1.10 bits per heavy atom. The van der Waals surface area contributed by atoms with Crippen LogP contribution in [0.3, 0.4) is 0 Å². The molecule has 1 aromatic heterocycles. The molecule has 2 N–H and O–H groups in total. The molecular weight excluding hydrogens is 286 g/mol. The normalized spacial score (nSPS) is 11.4. The number of pyridine rings is 1. The Hall–Kier alpha value is -2.08. The van der Waals surface area contributed by atoms with Crippen LogP contribution in [0, 0.1) is 0 Å². The van der Waals surface area contributed by atoms with Gasteiger partial charge in [0.05, 0.1) is 5.69 Å². The Balaban J connectivity index is 2.33. The van der Waals surface area contributed by atoms with E-state index in [0.717, 1.165) is 5.56 Å². The lowest BCUT2D eigenvalue weighted by Crippen LogP contribution is -2.15. The molecule has 2 aromatic rings. The van der Waals surface area contributed by atoms with Crippen molar-refractivity contribution in [1.82, 2.24) is 4.98 Å². The van der Waals surface area contributed by atoms with Gasteiger partial charge in [0.25, 0.3) is 10.0 Å². The first kappa shape index (κ1) is 15.3. The highest BCUT2D eigenvalue weighted by Gasteiger charge is 2.17. The van der Waals surface area contributed by atoms with Gasteiger partial charge in [0.2, 0.25) is 0 Å². The first-order valence-corrected chi connectivity index (χ1v) is 8.18. The van der Waals surface area contributed by atoms with Crippen molar-refractivity contribution in [3.63, 3.8) is 0 Å². The van der Waals surface area contributed by atoms with Crippen LogP contribution in [0.5, 0.6) is 0 Å². The van der Waals surface area contributed by atoms with E-state index in [4.69, 9.17) is 0 Å². The second kappa shape index (κ2) is 6.13. The van der Waals surface area contributed by atoms with Gasteiger partial charge in [-0.25, -0.2) is 13.4 Å². The fourth-order valence-corrected chi connectivity index (χ4v) is 3.02. The molecule has 0 aliphatic heterocycles. The van der Waals surface area contributed by atoms with E-state index in [1.807, 2.05) is 32.0 Å². The van der Waals surface area contributed by atoms with Gasteiger partial charge in [-0.15, -0.1) is 0 Å². The van der Waals surface area contributed by atoms with Crippen molar-refractivity contribution >= 4 is 21.5 Å². The molecule has 5 nitrogen and oxygen atoms in total. The highest BCUT2D eigenvalue weighted by molar-refractivity contribution is 7.92. The van der Waals surface area contributed by atoms with Crippen LogP contribution in [0.4, 0.5) is 11.5 Å². The first-order valence-electron chi connectivity index (χ1n) is 6.69. The Kier molecular flexibility index (Phi) is 4.47. The quantitative estimate of drug-likeness (QED) is 0.890. The molecule has 0 fully saturated rings. The van der Waals surface area contributed by atoms with Crippen LogP contribution >= 0.6 is 0 Å². The monoisotopic (exact) mass is 305 g/mol. The Labute approximate surface area is 125 Å². The van der Waals surface area contributed by atoms with Crippen LogP contribution in [0.1, 0.15) is 25.3 Å². The molecule has 0 bridgehead atoms. The average molecular weight is 305 g/mol. The van der Waals surface area contributed by atoms with Crippen LogP contribution in [-0.4, -0.2) is 20.4 Å². The number of anilines is 2. The maximum absolute atomic E-state index is 12.4. The molecule has 1 aromatic carbocycles. The molecule has 2 rings (SSSR count). The third kappa shape index (κ3) is 3.52. The molecule has 0 spiro atoms. The maximum Gasteiger partial charge on any atom is 0.263 e. The van der Waals surface area contributed by atoms with Crippen molar-refractivity contribution in [2.45, 2.75) is 24.7 Å². The van der Waals surface area contributed by atoms with E-state index in [2.05, 4.69) is 15.0 Å². The van der Waals surface area contributed by atoms with Crippen molar-refractivity contribution < 1.29 is 8.42 Å². The van der Waals surface area contributed by atoms with Crippen LogP contribution in [0.25, 0.3) is 0 Å². The van der Waals surface area contributed by atoms with E-state index >= 15 is 0 Å². The van der Waals surface area contributed by atoms with E-state index in [1.165, 1.54) is 12.3 Å². The van der Waals surface area contributed by atoms with Crippen molar-refractivity contribution in [3.05, 3.63) is 48.2 Å². The van der Waals surface area contributed by atoms with Crippen LogP contribution < -0.4 is 10.0 Å². The largest absolute Gasteiger partial charge is 0.373 e. The average Bonchev–Trinajstić information content (AvgIpc) is 2.47. The molecule has 0 amide bonds. The number of nitrogens with zero attached hydrogens (tertiary/aromatic N) is 1. The SMILES string of the molecule is CNc1ccc(S(=O)(=O)Nc2ccccc2C(C)C)cn1. The zero-order valence-electron chi connectivity index (χ0n) is 12.3. The summed E-state index contributed by atoms with van der Waals surface area (Å²) < 4.78 is 27.4. The minimum atomic E-state index is -3.63. The standard InChI is InChI=1S/C15H19N3O2S/c1-11(2)13-6-4-5-7-14(13)18-21(19,20)12-8-9-15(16-3)17-10-12/h4-11,18H,1-3H3,(H,16,17). The Morgan fingerprint density at radius 3 is 2.38 bits per heavy atom. The molecule has 0 aliphatic rings. The molecule has 0 atom stereocenters. The number of hydrogen-bond acceptors (Lipinski definition) is 4. The van der Waals surface area contributed by atoms with E-state index in [1.54, 1.807) is 19.2 Å². The molecule has 0 radical (unpaired) electrons. The molecular formula is C15H19N3O2S. The lowest BCUT2D eigenvalue weighted by Gasteiger charge is -2.14. The van der Waals surface area contributed by atoms with E-state index in [-0.39, 0.29) is 10.8 Å². The maximum atomic E-state index is 12.4. The molecule has 0 saturated heterocycles. The van der Waals surface area contributed by atoms with Gasteiger partial charge in [0.15, 0.2) is 0 Å². The van der Waals surface area contributed by atoms with Gasteiger partial charge in [-0.05, 0) is 29.7 Å². The fourth-order valence-electron chi connectivity index (χ4n) is 1.98. The van der Waals surface area contributed by atoms with Gasteiger partial charge >= 0.3 is 0 Å². The summed E-state index contributed by atoms with van der Waals surface area (Å²) in [7, 11) is -1.90. The number of hydrogen-bond donors (Lipinski definition) is 2. The number of nitrogens with one attached hydrogen (secondary N) is 2. The van der Waals surface area contributed by atoms with Gasteiger partial charge in [-0.3, -0.25) is 4.72 Å². The van der Waals surface area contributed by atoms with Gasteiger partial charge in [-0.2, -0.15) is 0 Å². The predicted molar refractivity (Wildman–Crippen MR) is 85.1 cm³/mol. The Morgan fingerprint density at radius 2 is 1.81 bits per heavy atom. The minimum absolute atomic E-state index is 0.139. The first-order chi connectivity index (χ1) is 9.94. The molecule has 0 aliphatic carbocycles. The van der Waals surface area contributed by atoms with Gasteiger partial charge in [-0.1, -0.05) is 32.0 Å². The van der Waals surface area contributed by atoms with E-state index in [9.17, 15) is 8.42 Å². The van der Waals surface area contributed by atoms with Crippen molar-refractivity contribution in [2.75, 3.05) is 17.1 Å². The number of rotatable bonds is 5. The second-order valence-electron chi connectivity index (χ2n) is 4.98. The van der Waals surface area contributed by atoms with Crippen LogP contribution in [0.2, 0.25) is 0 Å². The summed E-state index contributed by atoms with van der Waals surface area (Å²) in [5.41, 5.74) is 1.56. The molecule has 6 heteroatoms. The summed E-state index contributed by atoms with van der Waals surface area (Å²) in [6.45, 7) is 4.05. The zero-order chi connectivity index (χ0) is 15.5. The van der Waals surface area contributed by atoms with Crippen molar-refractivity contribution in [1.29, 1.82) is 0 Å². The van der Waals surface area contributed by atoms with Crippen LogP contribution in [-0.2, 0) is 10.0 Å². The summed E-state index contributed by atoms with van der Waals surface area (Å²) >= 11 is 0. The fraction of sp³-hybridized carbons (Fsp3) is 0.267. The predicted octanol–water partition coefficient (Wildman–Crippen LogP) is 3.05. The zero-order valence-corrected chi connectivity index (χ0v) is 13.1. The summed E-state index contributed by atoms with van der Waals surface area (Å²) in [6.07, 6.45) is 1.34. The topological polar surface area (TPSA) is 71.1 Å². The number of para-hydroxylation sites is 1. The van der Waals surface area contributed by atoms with Crippen LogP contribution in [0.15, 0.2) is 47.5 Å². The lowest BCUT2D eigenvalue weighted by atomic mass is 10.0.